The maximum Gasteiger partial charge on any atom is 0.425 e. The van der Waals surface area contributed by atoms with Gasteiger partial charge in [0.2, 0.25) is 23.6 Å². The first-order valence-corrected chi connectivity index (χ1v) is 23.7. The van der Waals surface area contributed by atoms with E-state index in [1.807, 2.05) is 65.8 Å². The van der Waals surface area contributed by atoms with Crippen molar-refractivity contribution in [2.75, 3.05) is 20.3 Å². The molecule has 18 heteroatoms. The number of alkyl halides is 3. The monoisotopic (exact) mass is 934 g/mol. The number of halogens is 3. The number of nitrogens with one attached hydrogen (secondary N) is 2. The number of carbonyl (C=O) groups excluding carboxylic acids is 4. The first kappa shape index (κ1) is 48.1. The summed E-state index contributed by atoms with van der Waals surface area (Å²) >= 11 is 0. The molecule has 10 atom stereocenters. The van der Waals surface area contributed by atoms with Gasteiger partial charge >= 0.3 is 6.18 Å². The molecule has 6 aliphatic rings. The lowest BCUT2D eigenvalue weighted by Gasteiger charge is -2.41. The summed E-state index contributed by atoms with van der Waals surface area (Å²) in [5.74, 6) is -1.25. The Balaban J connectivity index is 0.974. The molecule has 0 saturated heterocycles. The fourth-order valence-corrected chi connectivity index (χ4v) is 11.1. The smallest absolute Gasteiger partial charge is 0.425 e. The van der Waals surface area contributed by atoms with E-state index in [9.17, 15) is 32.3 Å². The van der Waals surface area contributed by atoms with E-state index in [2.05, 4.69) is 15.6 Å². The van der Waals surface area contributed by atoms with Crippen LogP contribution in [0.4, 0.5) is 13.2 Å². The molecule has 2 aromatic rings. The molecular weight excluding hydrogens is 870 g/mol. The van der Waals surface area contributed by atoms with Gasteiger partial charge in [0.1, 0.15) is 17.1 Å². The maximum absolute atomic E-state index is 14.3. The largest absolute Gasteiger partial charge is 0.487 e. The molecule has 4 heterocycles. The zero-order valence-corrected chi connectivity index (χ0v) is 39.5. The Morgan fingerprint density at radius 2 is 1.64 bits per heavy atom. The number of nitrogens with two attached hydrogens (primary N) is 2. The second-order valence-corrected chi connectivity index (χ2v) is 20.6. The zero-order chi connectivity index (χ0) is 48.4. The van der Waals surface area contributed by atoms with Crippen LogP contribution in [0.1, 0.15) is 122 Å². The van der Waals surface area contributed by atoms with Crippen molar-refractivity contribution in [1.82, 2.24) is 20.4 Å². The number of amides is 4. The predicted octanol–water partition coefficient (Wildman–Crippen LogP) is 5.85. The van der Waals surface area contributed by atoms with Gasteiger partial charge in [0, 0.05) is 68.5 Å². The van der Waals surface area contributed by atoms with E-state index in [1.54, 1.807) is 19.2 Å². The summed E-state index contributed by atoms with van der Waals surface area (Å²) < 4.78 is 60.5. The van der Waals surface area contributed by atoms with Crippen molar-refractivity contribution in [3.63, 3.8) is 0 Å². The number of carbonyl (C=O) groups is 4. The quantitative estimate of drug-likeness (QED) is 0.169. The van der Waals surface area contributed by atoms with Crippen molar-refractivity contribution in [2.24, 2.45) is 51.0 Å². The third-order valence-electron chi connectivity index (χ3n) is 15.2. The molecule has 6 N–H and O–H groups in total. The second-order valence-electron chi connectivity index (χ2n) is 20.6. The molecule has 8 rings (SSSR count). The molecule has 67 heavy (non-hydrogen) atoms. The average molecular weight is 935 g/mol. The minimum absolute atomic E-state index is 0.0110. The molecule has 2 fully saturated rings. The highest BCUT2D eigenvalue weighted by Crippen LogP contribution is 2.50. The van der Waals surface area contributed by atoms with E-state index >= 15 is 0 Å². The van der Waals surface area contributed by atoms with Crippen LogP contribution in [-0.2, 0) is 30.3 Å². The third kappa shape index (κ3) is 9.82. The van der Waals surface area contributed by atoms with Gasteiger partial charge in [-0.1, -0.05) is 45.0 Å². The van der Waals surface area contributed by atoms with Crippen molar-refractivity contribution in [3.05, 3.63) is 59.2 Å². The molecule has 0 spiro atoms. The SMILES string of the molecule is CCC1(CC)CC(=O)N(CC2C(C)C2C(=O)NC2CC(C)(Cc3ccc4c(c3)C(NC(=O)C3CC3C(CCOC)N3C(=O)CC(C)(C)N=C3N)CC(C(F)(F)F)O4)Oc3ccccc32)C(N)=N1. The number of fused-ring (bicyclic) bond motifs is 2. The molecular formula is C49H65F3N8O7. The number of guanidine groups is 2. The minimum atomic E-state index is -4.69. The Hall–Kier alpha value is -5.39. The fourth-order valence-electron chi connectivity index (χ4n) is 11.1. The highest BCUT2D eigenvalue weighted by atomic mass is 19.4. The molecule has 15 nitrogen and oxygen atoms in total. The second kappa shape index (κ2) is 17.9. The van der Waals surface area contributed by atoms with Crippen molar-refractivity contribution < 1.29 is 46.6 Å². The fraction of sp³-hybridized carbons (Fsp3) is 0.633. The molecule has 2 aliphatic carbocycles. The Morgan fingerprint density at radius 3 is 2.31 bits per heavy atom. The molecule has 4 aliphatic heterocycles. The van der Waals surface area contributed by atoms with Crippen LogP contribution in [0, 0.1) is 29.6 Å². The number of aliphatic imine (C=N–C) groups is 2. The summed E-state index contributed by atoms with van der Waals surface area (Å²) in [7, 11) is 1.54. The number of methoxy groups -OCH3 is 1. The van der Waals surface area contributed by atoms with E-state index < -0.39 is 65.3 Å². The van der Waals surface area contributed by atoms with Gasteiger partial charge in [-0.15, -0.1) is 0 Å². The van der Waals surface area contributed by atoms with Crippen molar-refractivity contribution >= 4 is 35.5 Å². The highest BCUT2D eigenvalue weighted by Gasteiger charge is 2.56. The number of ether oxygens (including phenoxy) is 3. The van der Waals surface area contributed by atoms with E-state index in [-0.39, 0.29) is 71.9 Å². The number of hydrogen-bond donors (Lipinski definition) is 4. The van der Waals surface area contributed by atoms with Crippen molar-refractivity contribution in [3.8, 4) is 11.5 Å². The molecule has 2 aromatic carbocycles. The maximum atomic E-state index is 14.3. The van der Waals surface area contributed by atoms with Crippen LogP contribution in [0.15, 0.2) is 52.4 Å². The van der Waals surface area contributed by atoms with Crippen molar-refractivity contribution in [2.45, 2.75) is 146 Å². The van der Waals surface area contributed by atoms with Crippen LogP contribution >= 0.6 is 0 Å². The first-order valence-electron chi connectivity index (χ1n) is 23.7. The summed E-state index contributed by atoms with van der Waals surface area (Å²) in [5.41, 5.74) is 12.6. The molecule has 0 bridgehead atoms. The van der Waals surface area contributed by atoms with Gasteiger partial charge in [-0.2, -0.15) is 13.2 Å². The summed E-state index contributed by atoms with van der Waals surface area (Å²) in [6.45, 7) is 12.2. The van der Waals surface area contributed by atoms with Crippen LogP contribution in [0.3, 0.4) is 0 Å². The topological polar surface area (TPSA) is 203 Å². The normalized spacial score (nSPS) is 31.0. The van der Waals surface area contributed by atoms with Gasteiger partial charge in [-0.3, -0.25) is 29.0 Å². The molecule has 364 valence electrons. The number of nitrogens with zero attached hydrogens (tertiary/aromatic N) is 4. The predicted molar refractivity (Wildman–Crippen MR) is 244 cm³/mol. The Bertz CT molecular complexity index is 2340. The van der Waals surface area contributed by atoms with Crippen LogP contribution < -0.4 is 31.6 Å². The highest BCUT2D eigenvalue weighted by molar-refractivity contribution is 6.00. The standard InChI is InChI=1S/C49H65F3N8O7/c1-8-48(9-2)24-39(61)59(44(53)58-48)25-32-26(3)41(32)43(64)56-34-22-47(6,67-37-13-11-10-12-28(34)37)21-27-14-15-36-31(18-27)33(20-38(66-36)49(50,51)52)55-42(63)30-19-29(30)35(16-17-65-7)60-40(62)23-46(4,5)57-45(60)54/h10-15,18,26,29-30,32-35,38,41H,8-9,16-17,19-25H2,1-7H3,(H2,53,58)(H2,54,57)(H,55,63)(H,56,64). The lowest BCUT2D eigenvalue weighted by Crippen LogP contribution is -2.55. The molecule has 0 aromatic heterocycles. The Morgan fingerprint density at radius 1 is 0.925 bits per heavy atom. The minimum Gasteiger partial charge on any atom is -0.487 e. The lowest BCUT2D eigenvalue weighted by molar-refractivity contribution is -0.201. The number of hydrogen-bond acceptors (Lipinski definition) is 11. The van der Waals surface area contributed by atoms with Gasteiger partial charge in [-0.25, -0.2) is 9.98 Å². The van der Waals surface area contributed by atoms with E-state index in [0.29, 0.717) is 63.0 Å². The van der Waals surface area contributed by atoms with Crippen LogP contribution in [0.25, 0.3) is 0 Å². The number of para-hydroxylation sites is 1. The zero-order valence-electron chi connectivity index (χ0n) is 39.5. The van der Waals surface area contributed by atoms with Crippen LogP contribution in [-0.4, -0.2) is 101 Å². The van der Waals surface area contributed by atoms with Crippen LogP contribution in [0.2, 0.25) is 0 Å². The summed E-state index contributed by atoms with van der Waals surface area (Å²) in [4.78, 5) is 67.0. The Kier molecular flexibility index (Phi) is 12.9. The van der Waals surface area contributed by atoms with Crippen molar-refractivity contribution in [1.29, 1.82) is 0 Å². The van der Waals surface area contributed by atoms with Gasteiger partial charge in [0.15, 0.2) is 18.0 Å². The summed E-state index contributed by atoms with van der Waals surface area (Å²) in [5, 5.41) is 6.23. The third-order valence-corrected chi connectivity index (χ3v) is 15.2. The van der Waals surface area contributed by atoms with E-state index in [4.69, 9.17) is 30.7 Å². The average Bonchev–Trinajstić information content (AvgIpc) is 4.17. The summed E-state index contributed by atoms with van der Waals surface area (Å²) in [6.07, 6.45) is -4.04. The van der Waals surface area contributed by atoms with Gasteiger partial charge in [0.05, 0.1) is 36.0 Å². The molecule has 0 radical (unpaired) electrons. The van der Waals surface area contributed by atoms with Crippen LogP contribution in [0.5, 0.6) is 11.5 Å². The molecule has 4 amide bonds. The van der Waals surface area contributed by atoms with Gasteiger partial charge < -0.3 is 36.3 Å². The lowest BCUT2D eigenvalue weighted by atomic mass is 9.83. The number of benzene rings is 2. The molecule has 2 saturated carbocycles. The molecule has 10 unspecified atom stereocenters. The first-order chi connectivity index (χ1) is 31.6. The Labute approximate surface area is 390 Å². The van der Waals surface area contributed by atoms with E-state index in [1.165, 1.54) is 15.9 Å². The number of rotatable bonds is 15. The van der Waals surface area contributed by atoms with Gasteiger partial charge in [-0.05, 0) is 88.0 Å². The van der Waals surface area contributed by atoms with Gasteiger partial charge in [0.25, 0.3) is 0 Å². The van der Waals surface area contributed by atoms with E-state index in [0.717, 1.165) is 11.1 Å². The summed E-state index contributed by atoms with van der Waals surface area (Å²) in [6, 6.07) is 10.6.